The summed E-state index contributed by atoms with van der Waals surface area (Å²) in [7, 11) is 1.61. The fourth-order valence-corrected chi connectivity index (χ4v) is 5.11. The Bertz CT molecular complexity index is 1150. The molecule has 5 rings (SSSR count). The second kappa shape index (κ2) is 8.36. The van der Waals surface area contributed by atoms with Crippen LogP contribution >= 0.6 is 12.2 Å². The SMILES string of the molecule is COc1ccccc1N1CC(CN2CCC(n3c(=S)[nH]c4ccccc43)CC2)OC1=O. The summed E-state index contributed by atoms with van der Waals surface area (Å²) in [5.41, 5.74) is 3.01. The van der Waals surface area contributed by atoms with Gasteiger partial charge in [0.2, 0.25) is 0 Å². The van der Waals surface area contributed by atoms with E-state index in [0.717, 1.165) is 48.5 Å². The molecule has 7 nitrogen and oxygen atoms in total. The lowest BCUT2D eigenvalue weighted by Gasteiger charge is -2.33. The Morgan fingerprint density at radius 3 is 2.68 bits per heavy atom. The number of likely N-dealkylation sites (tertiary alicyclic amines) is 1. The predicted molar refractivity (Wildman–Crippen MR) is 122 cm³/mol. The van der Waals surface area contributed by atoms with Crippen LogP contribution in [0.25, 0.3) is 11.0 Å². The number of para-hydroxylation sites is 4. The molecule has 2 aliphatic rings. The van der Waals surface area contributed by atoms with E-state index in [0.29, 0.717) is 18.3 Å². The van der Waals surface area contributed by atoms with Crippen LogP contribution in [0.15, 0.2) is 48.5 Å². The number of aromatic amines is 1. The minimum Gasteiger partial charge on any atom is -0.495 e. The fraction of sp³-hybridized carbons (Fsp3) is 0.391. The van der Waals surface area contributed by atoms with Crippen molar-refractivity contribution in [1.29, 1.82) is 0 Å². The van der Waals surface area contributed by atoms with Gasteiger partial charge in [-0.05, 0) is 49.3 Å². The molecule has 162 valence electrons. The molecule has 1 N–H and O–H groups in total. The topological polar surface area (TPSA) is 62.7 Å². The van der Waals surface area contributed by atoms with E-state index in [4.69, 9.17) is 21.7 Å². The molecule has 2 aliphatic heterocycles. The van der Waals surface area contributed by atoms with Gasteiger partial charge >= 0.3 is 6.09 Å². The highest BCUT2D eigenvalue weighted by atomic mass is 32.1. The molecule has 2 aromatic carbocycles. The molecule has 3 aromatic rings. The van der Waals surface area contributed by atoms with Gasteiger partial charge in [-0.15, -0.1) is 0 Å². The van der Waals surface area contributed by atoms with E-state index in [1.165, 1.54) is 5.52 Å². The number of nitrogens with one attached hydrogen (secondary N) is 1. The summed E-state index contributed by atoms with van der Waals surface area (Å²) in [4.78, 5) is 19.9. The first-order valence-corrected chi connectivity index (χ1v) is 11.1. The molecule has 0 spiro atoms. The van der Waals surface area contributed by atoms with Crippen molar-refractivity contribution < 1.29 is 14.3 Å². The summed E-state index contributed by atoms with van der Waals surface area (Å²) in [6, 6.07) is 16.2. The molecular weight excluding hydrogens is 412 g/mol. The van der Waals surface area contributed by atoms with E-state index in [-0.39, 0.29) is 12.2 Å². The molecule has 1 aromatic heterocycles. The van der Waals surface area contributed by atoms with Gasteiger partial charge in [0.05, 0.1) is 30.4 Å². The molecule has 1 atom stereocenters. The Balaban J connectivity index is 1.22. The molecule has 1 unspecified atom stereocenters. The van der Waals surface area contributed by atoms with Gasteiger partial charge < -0.3 is 19.0 Å². The minimum atomic E-state index is -0.311. The highest BCUT2D eigenvalue weighted by Gasteiger charge is 2.35. The van der Waals surface area contributed by atoms with Gasteiger partial charge in [0, 0.05) is 25.7 Å². The number of H-pyrrole nitrogens is 1. The van der Waals surface area contributed by atoms with Crippen molar-refractivity contribution in [3.05, 3.63) is 53.3 Å². The van der Waals surface area contributed by atoms with E-state index >= 15 is 0 Å². The number of imidazole rings is 1. The number of piperidine rings is 1. The Morgan fingerprint density at radius 1 is 1.13 bits per heavy atom. The number of carbonyl (C=O) groups is 1. The van der Waals surface area contributed by atoms with E-state index in [1.807, 2.05) is 30.3 Å². The summed E-state index contributed by atoms with van der Waals surface area (Å²) in [5, 5.41) is 0. The van der Waals surface area contributed by atoms with Crippen LogP contribution in [-0.4, -0.2) is 59.9 Å². The van der Waals surface area contributed by atoms with Gasteiger partial charge in [-0.25, -0.2) is 4.79 Å². The lowest BCUT2D eigenvalue weighted by atomic mass is 10.0. The molecular formula is C23H26N4O3S. The Labute approximate surface area is 186 Å². The van der Waals surface area contributed by atoms with Crippen LogP contribution in [0.2, 0.25) is 0 Å². The monoisotopic (exact) mass is 438 g/mol. The van der Waals surface area contributed by atoms with Crippen molar-refractivity contribution in [2.45, 2.75) is 25.0 Å². The Kier molecular flexibility index (Phi) is 5.41. The molecule has 8 heteroatoms. The van der Waals surface area contributed by atoms with Crippen LogP contribution in [0.1, 0.15) is 18.9 Å². The summed E-state index contributed by atoms with van der Waals surface area (Å²) < 4.78 is 14.1. The number of fused-ring (bicyclic) bond motifs is 1. The second-order valence-corrected chi connectivity index (χ2v) is 8.52. The van der Waals surface area contributed by atoms with Crippen molar-refractivity contribution in [1.82, 2.24) is 14.5 Å². The fourth-order valence-electron chi connectivity index (χ4n) is 4.75. The van der Waals surface area contributed by atoms with Crippen LogP contribution < -0.4 is 9.64 Å². The number of cyclic esters (lactones) is 1. The van der Waals surface area contributed by atoms with Gasteiger partial charge in [0.15, 0.2) is 4.77 Å². The largest absolute Gasteiger partial charge is 0.495 e. The first-order chi connectivity index (χ1) is 15.1. The normalized spacial score (nSPS) is 20.4. The zero-order valence-corrected chi connectivity index (χ0v) is 18.3. The molecule has 2 fully saturated rings. The van der Waals surface area contributed by atoms with Crippen LogP contribution in [0.3, 0.4) is 0 Å². The lowest BCUT2D eigenvalue weighted by molar-refractivity contribution is 0.0927. The van der Waals surface area contributed by atoms with Crippen LogP contribution in [0, 0.1) is 4.77 Å². The van der Waals surface area contributed by atoms with Gasteiger partial charge in [0.1, 0.15) is 11.9 Å². The van der Waals surface area contributed by atoms with Crippen molar-refractivity contribution in [3.63, 3.8) is 0 Å². The number of ether oxygens (including phenoxy) is 2. The zero-order chi connectivity index (χ0) is 21.4. The molecule has 0 bridgehead atoms. The number of hydrogen-bond acceptors (Lipinski definition) is 5. The highest BCUT2D eigenvalue weighted by molar-refractivity contribution is 7.71. The maximum Gasteiger partial charge on any atom is 0.414 e. The van der Waals surface area contributed by atoms with Gasteiger partial charge in [-0.2, -0.15) is 0 Å². The highest BCUT2D eigenvalue weighted by Crippen LogP contribution is 2.32. The van der Waals surface area contributed by atoms with Gasteiger partial charge in [-0.3, -0.25) is 9.80 Å². The number of rotatable bonds is 5. The quantitative estimate of drug-likeness (QED) is 0.600. The molecule has 0 radical (unpaired) electrons. The standard InChI is InChI=1S/C23H26N4O3S/c1-29-21-9-5-4-8-20(21)26-15-17(30-23(26)28)14-25-12-10-16(11-13-25)27-19-7-3-2-6-18(19)24-22(27)31/h2-9,16-17H,10-15H2,1H3,(H,24,31). The third kappa shape index (κ3) is 3.81. The Morgan fingerprint density at radius 2 is 1.87 bits per heavy atom. The maximum atomic E-state index is 12.5. The van der Waals surface area contributed by atoms with Crippen molar-refractivity contribution in [3.8, 4) is 5.75 Å². The number of hydrogen-bond donors (Lipinski definition) is 1. The van der Waals surface area contributed by atoms with E-state index in [1.54, 1.807) is 12.0 Å². The number of methoxy groups -OCH3 is 1. The van der Waals surface area contributed by atoms with Crippen molar-refractivity contribution in [2.24, 2.45) is 0 Å². The van der Waals surface area contributed by atoms with Crippen LogP contribution in [0.4, 0.5) is 10.5 Å². The average Bonchev–Trinajstić information content (AvgIpc) is 3.32. The van der Waals surface area contributed by atoms with Gasteiger partial charge in [-0.1, -0.05) is 24.3 Å². The number of carbonyl (C=O) groups excluding carboxylic acids is 1. The second-order valence-electron chi connectivity index (χ2n) is 8.14. The predicted octanol–water partition coefficient (Wildman–Crippen LogP) is 4.37. The molecule has 0 aliphatic carbocycles. The number of amides is 1. The number of aromatic nitrogens is 2. The van der Waals surface area contributed by atoms with E-state index in [2.05, 4.69) is 32.7 Å². The van der Waals surface area contributed by atoms with E-state index < -0.39 is 0 Å². The maximum absolute atomic E-state index is 12.5. The third-order valence-corrected chi connectivity index (χ3v) is 6.56. The lowest BCUT2D eigenvalue weighted by Crippen LogP contribution is -2.40. The number of anilines is 1. The van der Waals surface area contributed by atoms with E-state index in [9.17, 15) is 4.79 Å². The number of nitrogens with zero attached hydrogens (tertiary/aromatic N) is 3. The summed E-state index contributed by atoms with van der Waals surface area (Å²) in [5.74, 6) is 0.677. The zero-order valence-electron chi connectivity index (χ0n) is 17.5. The van der Waals surface area contributed by atoms with Crippen molar-refractivity contribution >= 4 is 35.0 Å². The Hall–Kier alpha value is -2.84. The molecule has 0 saturated carbocycles. The average molecular weight is 439 g/mol. The minimum absolute atomic E-state index is 0.149. The first-order valence-electron chi connectivity index (χ1n) is 10.7. The summed E-state index contributed by atoms with van der Waals surface area (Å²) in [6.45, 7) is 3.18. The summed E-state index contributed by atoms with van der Waals surface area (Å²) in [6.07, 6.45) is 1.58. The molecule has 2 saturated heterocycles. The van der Waals surface area contributed by atoms with Gasteiger partial charge in [0.25, 0.3) is 0 Å². The molecule has 1 amide bonds. The van der Waals surface area contributed by atoms with Crippen LogP contribution in [0.5, 0.6) is 5.75 Å². The smallest absolute Gasteiger partial charge is 0.414 e. The molecule has 3 heterocycles. The van der Waals surface area contributed by atoms with Crippen molar-refractivity contribution in [2.75, 3.05) is 38.2 Å². The number of benzene rings is 2. The molecule has 31 heavy (non-hydrogen) atoms. The third-order valence-electron chi connectivity index (χ3n) is 6.26. The summed E-state index contributed by atoms with van der Waals surface area (Å²) >= 11 is 5.59. The van der Waals surface area contributed by atoms with Crippen LogP contribution in [-0.2, 0) is 4.74 Å². The first kappa shape index (κ1) is 20.1.